The van der Waals surface area contributed by atoms with E-state index in [2.05, 4.69) is 35.1 Å². The van der Waals surface area contributed by atoms with Crippen LogP contribution in [0, 0.1) is 0 Å². The zero-order valence-corrected chi connectivity index (χ0v) is 40.7. The third-order valence-electron chi connectivity index (χ3n) is 12.6. The summed E-state index contributed by atoms with van der Waals surface area (Å²) in [6, 6.07) is 6.10. The highest BCUT2D eigenvalue weighted by atomic mass is 16.5. The number of nitrogens with one attached hydrogen (secondary N) is 4. The summed E-state index contributed by atoms with van der Waals surface area (Å²) < 4.78 is 11.7. The molecule has 0 fully saturated rings. The van der Waals surface area contributed by atoms with Crippen LogP contribution in [0.3, 0.4) is 0 Å². The van der Waals surface area contributed by atoms with Gasteiger partial charge < -0.3 is 41.0 Å². The second-order valence-electron chi connectivity index (χ2n) is 18.2. The number of hydrogen-bond acceptors (Lipinski definition) is 10. The monoisotopic (exact) mass is 893 g/mol. The van der Waals surface area contributed by atoms with E-state index in [-0.39, 0.29) is 33.8 Å². The summed E-state index contributed by atoms with van der Waals surface area (Å²) in [5.74, 6) is -1.65. The van der Waals surface area contributed by atoms with E-state index in [1.165, 1.54) is 179 Å². The minimum Gasteiger partial charge on any atom is -0.507 e. The van der Waals surface area contributed by atoms with Crippen molar-refractivity contribution in [3.05, 3.63) is 46.5 Å². The molecule has 2 aromatic rings. The summed E-state index contributed by atoms with van der Waals surface area (Å²) in [5, 5.41) is 34.7. The maximum Gasteiger partial charge on any atom is 0.200 e. The van der Waals surface area contributed by atoms with Crippen LogP contribution >= 0.6 is 0 Å². The molecule has 0 saturated carbocycles. The molecule has 6 N–H and O–H groups in total. The van der Waals surface area contributed by atoms with E-state index in [1.807, 2.05) is 0 Å². The highest BCUT2D eigenvalue weighted by molar-refractivity contribution is 6.33. The Balaban J connectivity index is 1.27. The second kappa shape index (κ2) is 37.0. The van der Waals surface area contributed by atoms with E-state index in [4.69, 9.17) is 9.47 Å². The molecule has 0 heterocycles. The number of aromatic hydroxyl groups is 2. The van der Waals surface area contributed by atoms with Gasteiger partial charge in [0.25, 0.3) is 0 Å². The summed E-state index contributed by atoms with van der Waals surface area (Å²) in [6.07, 6.45) is 37.7. The van der Waals surface area contributed by atoms with E-state index in [1.54, 1.807) is 12.1 Å². The molecule has 0 amide bonds. The molecule has 364 valence electrons. The third kappa shape index (κ3) is 22.8. The lowest BCUT2D eigenvalue weighted by atomic mass is 9.81. The van der Waals surface area contributed by atoms with Crippen molar-refractivity contribution in [2.45, 2.75) is 194 Å². The molecule has 0 radical (unpaired) electrons. The standard InChI is InChI=1S/C54H92N4O6/c1-3-5-7-9-11-13-15-17-19-21-23-25-27-29-41-63-43-39-55-35-37-57-45-31-32-46(50-49(45)53(61)51-47(59)33-34-48(60)52(51)54(50)62)58-38-36-56-40-44-64-42-30-28-26-24-22-20-18-16-14-12-10-8-6-4-2/h31-34,55-60H,3-30,35-44H2,1-2H3. The van der Waals surface area contributed by atoms with Crippen molar-refractivity contribution in [2.75, 3.05) is 76.3 Å². The number of hydrogen-bond donors (Lipinski definition) is 6. The van der Waals surface area contributed by atoms with Crippen molar-refractivity contribution in [2.24, 2.45) is 0 Å². The first-order valence-electron chi connectivity index (χ1n) is 26.4. The van der Waals surface area contributed by atoms with Gasteiger partial charge in [-0.05, 0) is 37.1 Å². The highest BCUT2D eigenvalue weighted by Gasteiger charge is 2.38. The van der Waals surface area contributed by atoms with Gasteiger partial charge in [-0.1, -0.05) is 181 Å². The molecule has 0 aliphatic heterocycles. The first-order chi connectivity index (χ1) is 31.5. The van der Waals surface area contributed by atoms with Crippen molar-refractivity contribution in [1.82, 2.24) is 10.6 Å². The predicted octanol–water partition coefficient (Wildman–Crippen LogP) is 12.9. The highest BCUT2D eigenvalue weighted by Crippen LogP contribution is 2.42. The van der Waals surface area contributed by atoms with E-state index in [9.17, 15) is 19.8 Å². The van der Waals surface area contributed by atoms with Crippen LogP contribution in [0.1, 0.15) is 225 Å². The number of anilines is 2. The molecule has 1 aliphatic carbocycles. The fourth-order valence-electron chi connectivity index (χ4n) is 8.77. The summed E-state index contributed by atoms with van der Waals surface area (Å²) in [6.45, 7) is 11.2. The summed E-state index contributed by atoms with van der Waals surface area (Å²) >= 11 is 0. The molecule has 0 aromatic heterocycles. The first kappa shape index (κ1) is 55.1. The van der Waals surface area contributed by atoms with Crippen LogP contribution in [0.15, 0.2) is 24.3 Å². The summed E-state index contributed by atoms with van der Waals surface area (Å²) in [4.78, 5) is 27.9. The van der Waals surface area contributed by atoms with E-state index in [0.29, 0.717) is 50.8 Å². The Morgan fingerprint density at radius 1 is 0.359 bits per heavy atom. The fraction of sp³-hybridized carbons (Fsp3) is 0.741. The molecule has 0 bridgehead atoms. The van der Waals surface area contributed by atoms with Crippen LogP contribution in [0.4, 0.5) is 11.4 Å². The number of ether oxygens (including phenoxy) is 2. The molecule has 10 nitrogen and oxygen atoms in total. The topological polar surface area (TPSA) is 141 Å². The molecular formula is C54H92N4O6. The van der Waals surface area contributed by atoms with Crippen LogP contribution in [0.5, 0.6) is 11.5 Å². The van der Waals surface area contributed by atoms with Gasteiger partial charge in [0.2, 0.25) is 11.6 Å². The molecule has 10 heteroatoms. The Bertz CT molecular complexity index is 1410. The molecule has 0 saturated heterocycles. The zero-order chi connectivity index (χ0) is 45.7. The molecule has 64 heavy (non-hydrogen) atoms. The lowest BCUT2D eigenvalue weighted by Crippen LogP contribution is -2.29. The average molecular weight is 893 g/mol. The number of unbranched alkanes of at least 4 members (excludes halogenated alkanes) is 26. The number of fused-ring (bicyclic) bond motifs is 2. The van der Waals surface area contributed by atoms with Gasteiger partial charge in [0.1, 0.15) is 11.5 Å². The number of phenolic OH excluding ortho intramolecular Hbond substituents is 2. The lowest BCUT2D eigenvalue weighted by Gasteiger charge is -2.25. The Morgan fingerprint density at radius 2 is 0.656 bits per heavy atom. The minimum absolute atomic E-state index is 0.164. The SMILES string of the molecule is CCCCCCCCCCCCCCCCOCCNCCNc1ccc(NCCNCCOCCCCCCCCCCCCCCCC)c2c1C(=O)c1c(O)ccc(O)c1C2=O. The van der Waals surface area contributed by atoms with Crippen molar-refractivity contribution in [3.63, 3.8) is 0 Å². The van der Waals surface area contributed by atoms with Crippen LogP contribution in [0.25, 0.3) is 0 Å². The number of ketones is 2. The van der Waals surface area contributed by atoms with Crippen molar-refractivity contribution < 1.29 is 29.3 Å². The number of carbonyl (C=O) groups is 2. The van der Waals surface area contributed by atoms with Crippen molar-refractivity contribution in [3.8, 4) is 11.5 Å². The zero-order valence-electron chi connectivity index (χ0n) is 40.7. The average Bonchev–Trinajstić information content (AvgIpc) is 3.30. The number of benzene rings is 2. The summed E-state index contributed by atoms with van der Waals surface area (Å²) in [5.41, 5.74) is 1.09. The van der Waals surface area contributed by atoms with Gasteiger partial charge in [-0.15, -0.1) is 0 Å². The van der Waals surface area contributed by atoms with Crippen LogP contribution < -0.4 is 21.3 Å². The van der Waals surface area contributed by atoms with Gasteiger partial charge in [-0.25, -0.2) is 0 Å². The van der Waals surface area contributed by atoms with E-state index in [0.717, 1.165) is 39.1 Å². The van der Waals surface area contributed by atoms with Gasteiger partial charge in [-0.3, -0.25) is 9.59 Å². The minimum atomic E-state index is -0.497. The Kier molecular flexibility index (Phi) is 31.9. The molecule has 0 unspecified atom stereocenters. The van der Waals surface area contributed by atoms with E-state index < -0.39 is 11.6 Å². The number of rotatable bonds is 44. The largest absolute Gasteiger partial charge is 0.507 e. The molecule has 0 atom stereocenters. The lowest BCUT2D eigenvalue weighted by molar-refractivity contribution is 0.0975. The molecule has 3 rings (SSSR count). The molecule has 0 spiro atoms. The third-order valence-corrected chi connectivity index (χ3v) is 12.6. The fourth-order valence-corrected chi connectivity index (χ4v) is 8.77. The molecule has 1 aliphatic rings. The maximum atomic E-state index is 13.9. The van der Waals surface area contributed by atoms with Gasteiger partial charge in [0.15, 0.2) is 0 Å². The van der Waals surface area contributed by atoms with Crippen molar-refractivity contribution in [1.29, 1.82) is 0 Å². The first-order valence-corrected chi connectivity index (χ1v) is 26.4. The maximum absolute atomic E-state index is 13.9. The smallest absolute Gasteiger partial charge is 0.200 e. The summed E-state index contributed by atoms with van der Waals surface area (Å²) in [7, 11) is 0. The predicted molar refractivity (Wildman–Crippen MR) is 268 cm³/mol. The molecule has 2 aromatic carbocycles. The quantitative estimate of drug-likeness (QED) is 0.0240. The van der Waals surface area contributed by atoms with Crippen LogP contribution in [-0.4, -0.2) is 87.5 Å². The number of phenols is 2. The van der Waals surface area contributed by atoms with Gasteiger partial charge in [0.05, 0.1) is 35.5 Å². The van der Waals surface area contributed by atoms with Crippen LogP contribution in [0.2, 0.25) is 0 Å². The Hall–Kier alpha value is -3.18. The van der Waals surface area contributed by atoms with Gasteiger partial charge in [0, 0.05) is 63.9 Å². The Labute approximate surface area is 389 Å². The van der Waals surface area contributed by atoms with E-state index >= 15 is 0 Å². The van der Waals surface area contributed by atoms with Crippen LogP contribution in [-0.2, 0) is 9.47 Å². The van der Waals surface area contributed by atoms with Gasteiger partial charge >= 0.3 is 0 Å². The normalized spacial score (nSPS) is 12.2. The second-order valence-corrected chi connectivity index (χ2v) is 18.2. The number of carbonyl (C=O) groups excluding carboxylic acids is 2. The Morgan fingerprint density at radius 3 is 0.969 bits per heavy atom. The van der Waals surface area contributed by atoms with Crippen molar-refractivity contribution >= 4 is 22.9 Å². The molecular weight excluding hydrogens is 801 g/mol. The van der Waals surface area contributed by atoms with Gasteiger partial charge in [-0.2, -0.15) is 0 Å².